The van der Waals surface area contributed by atoms with E-state index in [-0.39, 0.29) is 0 Å². The Morgan fingerprint density at radius 1 is 1.18 bits per heavy atom. The number of benzene rings is 1. The molecule has 0 aliphatic rings. The van der Waals surface area contributed by atoms with E-state index in [0.717, 1.165) is 22.6 Å². The summed E-state index contributed by atoms with van der Waals surface area (Å²) < 4.78 is 2.00. The number of halogens is 1. The number of aromatic nitrogens is 3. The summed E-state index contributed by atoms with van der Waals surface area (Å²) in [6.45, 7) is 0. The molecule has 3 rings (SSSR count). The lowest BCUT2D eigenvalue weighted by Crippen LogP contribution is -1.93. The third-order valence-electron chi connectivity index (χ3n) is 2.74. The highest BCUT2D eigenvalue weighted by molar-refractivity contribution is 6.31. The molecule has 2 aromatic heterocycles. The van der Waals surface area contributed by atoms with Gasteiger partial charge < -0.3 is 4.57 Å². The van der Waals surface area contributed by atoms with Crippen LogP contribution in [-0.4, -0.2) is 14.5 Å². The summed E-state index contributed by atoms with van der Waals surface area (Å²) in [4.78, 5) is 8.88. The van der Waals surface area contributed by atoms with Gasteiger partial charge in [-0.2, -0.15) is 0 Å². The summed E-state index contributed by atoms with van der Waals surface area (Å²) in [5.74, 6) is 0.850. The lowest BCUT2D eigenvalue weighted by Gasteiger charge is -2.00. The third-order valence-corrected chi connectivity index (χ3v) is 2.97. The summed E-state index contributed by atoms with van der Waals surface area (Å²) in [6, 6.07) is 11.5. The van der Waals surface area contributed by atoms with Crippen LogP contribution in [0.4, 0.5) is 0 Å². The van der Waals surface area contributed by atoms with Crippen molar-refractivity contribution in [1.82, 2.24) is 14.5 Å². The molecule has 1 aromatic carbocycles. The molecule has 0 bridgehead atoms. The van der Waals surface area contributed by atoms with E-state index < -0.39 is 0 Å². The number of nitrogens with zero attached hydrogens (tertiary/aromatic N) is 3. The minimum atomic E-state index is 0.716. The van der Waals surface area contributed by atoms with Gasteiger partial charge in [-0.05, 0) is 30.3 Å². The fourth-order valence-corrected chi connectivity index (χ4v) is 2.05. The summed E-state index contributed by atoms with van der Waals surface area (Å²) in [5.41, 5.74) is 2.80. The molecule has 0 atom stereocenters. The zero-order chi connectivity index (χ0) is 11.8. The molecule has 3 nitrogen and oxygen atoms in total. The Labute approximate surface area is 104 Å². The van der Waals surface area contributed by atoms with Gasteiger partial charge in [-0.3, -0.25) is 4.98 Å². The lowest BCUT2D eigenvalue weighted by atomic mass is 10.3. The Morgan fingerprint density at radius 2 is 2.06 bits per heavy atom. The fourth-order valence-electron chi connectivity index (χ4n) is 1.89. The molecule has 0 saturated heterocycles. The van der Waals surface area contributed by atoms with E-state index >= 15 is 0 Å². The molecule has 0 fully saturated rings. The first-order chi connectivity index (χ1) is 8.25. The van der Waals surface area contributed by atoms with Crippen molar-refractivity contribution in [2.24, 2.45) is 7.05 Å². The second-order valence-corrected chi connectivity index (χ2v) is 4.28. The minimum absolute atomic E-state index is 0.716. The molecule has 0 radical (unpaired) electrons. The Morgan fingerprint density at radius 3 is 2.82 bits per heavy atom. The van der Waals surface area contributed by atoms with E-state index in [1.165, 1.54) is 0 Å². The van der Waals surface area contributed by atoms with Crippen molar-refractivity contribution in [3.63, 3.8) is 0 Å². The van der Waals surface area contributed by atoms with Crippen molar-refractivity contribution in [3.8, 4) is 11.5 Å². The van der Waals surface area contributed by atoms with Gasteiger partial charge in [0.1, 0.15) is 5.69 Å². The summed E-state index contributed by atoms with van der Waals surface area (Å²) >= 11 is 5.99. The molecular weight excluding hydrogens is 234 g/mol. The Hall–Kier alpha value is -1.87. The van der Waals surface area contributed by atoms with Crippen LogP contribution in [0.5, 0.6) is 0 Å². The summed E-state index contributed by atoms with van der Waals surface area (Å²) in [5, 5.41) is 0.716. The molecule has 4 heteroatoms. The first-order valence-corrected chi connectivity index (χ1v) is 5.67. The van der Waals surface area contributed by atoms with Gasteiger partial charge >= 0.3 is 0 Å². The van der Waals surface area contributed by atoms with Gasteiger partial charge in [0.2, 0.25) is 0 Å². The van der Waals surface area contributed by atoms with Crippen molar-refractivity contribution < 1.29 is 0 Å². The Bertz CT molecular complexity index is 674. The Balaban J connectivity index is 2.28. The number of hydrogen-bond acceptors (Lipinski definition) is 2. The van der Waals surface area contributed by atoms with Crippen LogP contribution in [0, 0.1) is 0 Å². The maximum atomic E-state index is 5.99. The zero-order valence-electron chi connectivity index (χ0n) is 9.26. The number of fused-ring (bicyclic) bond motifs is 1. The smallest absolute Gasteiger partial charge is 0.159 e. The third kappa shape index (κ3) is 1.68. The normalized spacial score (nSPS) is 10.9. The van der Waals surface area contributed by atoms with Crippen LogP contribution in [-0.2, 0) is 7.05 Å². The predicted molar refractivity (Wildman–Crippen MR) is 69.0 cm³/mol. The van der Waals surface area contributed by atoms with Crippen LogP contribution in [0.2, 0.25) is 5.02 Å². The topological polar surface area (TPSA) is 30.7 Å². The van der Waals surface area contributed by atoms with Gasteiger partial charge in [0, 0.05) is 18.3 Å². The van der Waals surface area contributed by atoms with Crippen LogP contribution in [0.1, 0.15) is 0 Å². The molecule has 0 spiro atoms. The maximum Gasteiger partial charge on any atom is 0.159 e. The van der Waals surface area contributed by atoms with Crippen molar-refractivity contribution in [3.05, 3.63) is 47.6 Å². The molecule has 0 N–H and O–H groups in total. The van der Waals surface area contributed by atoms with E-state index in [9.17, 15) is 0 Å². The molecule has 0 amide bonds. The molecule has 0 unspecified atom stereocenters. The number of aryl methyl sites for hydroxylation is 1. The van der Waals surface area contributed by atoms with E-state index in [1.54, 1.807) is 6.20 Å². The van der Waals surface area contributed by atoms with Crippen molar-refractivity contribution in [2.75, 3.05) is 0 Å². The van der Waals surface area contributed by atoms with Crippen LogP contribution < -0.4 is 0 Å². The SMILES string of the molecule is Cn1c(-c2ccccn2)nc2ccc(Cl)cc21. The van der Waals surface area contributed by atoms with Gasteiger partial charge in [-0.1, -0.05) is 17.7 Å². The number of imidazole rings is 1. The van der Waals surface area contributed by atoms with E-state index in [4.69, 9.17) is 11.6 Å². The average molecular weight is 244 g/mol. The fraction of sp³-hybridized carbons (Fsp3) is 0.0769. The van der Waals surface area contributed by atoms with Gasteiger partial charge in [0.15, 0.2) is 5.82 Å². The highest BCUT2D eigenvalue weighted by Gasteiger charge is 2.10. The minimum Gasteiger partial charge on any atom is -0.326 e. The highest BCUT2D eigenvalue weighted by atomic mass is 35.5. The van der Waals surface area contributed by atoms with E-state index in [0.29, 0.717) is 5.02 Å². The molecule has 3 aromatic rings. The van der Waals surface area contributed by atoms with E-state index in [2.05, 4.69) is 9.97 Å². The van der Waals surface area contributed by atoms with Crippen LogP contribution in [0.15, 0.2) is 42.6 Å². The first-order valence-electron chi connectivity index (χ1n) is 5.29. The molecule has 2 heterocycles. The standard InChI is InChI=1S/C13H10ClN3/c1-17-12-8-9(14)5-6-10(12)16-13(17)11-4-2-3-7-15-11/h2-8H,1H3. The van der Waals surface area contributed by atoms with Gasteiger partial charge in [0.05, 0.1) is 11.0 Å². The monoisotopic (exact) mass is 243 g/mol. The first kappa shape index (κ1) is 10.3. The number of hydrogen-bond donors (Lipinski definition) is 0. The van der Waals surface area contributed by atoms with Crippen LogP contribution >= 0.6 is 11.6 Å². The quantitative estimate of drug-likeness (QED) is 0.657. The maximum absolute atomic E-state index is 5.99. The second-order valence-electron chi connectivity index (χ2n) is 3.84. The summed E-state index contributed by atoms with van der Waals surface area (Å²) in [7, 11) is 1.97. The van der Waals surface area contributed by atoms with Gasteiger partial charge in [-0.15, -0.1) is 0 Å². The largest absolute Gasteiger partial charge is 0.326 e. The molecule has 0 aliphatic carbocycles. The lowest BCUT2D eigenvalue weighted by molar-refractivity contribution is 0.950. The van der Waals surface area contributed by atoms with Crippen molar-refractivity contribution in [2.45, 2.75) is 0 Å². The van der Waals surface area contributed by atoms with Crippen molar-refractivity contribution >= 4 is 22.6 Å². The van der Waals surface area contributed by atoms with Crippen LogP contribution in [0.25, 0.3) is 22.6 Å². The Kier molecular flexibility index (Phi) is 2.34. The van der Waals surface area contributed by atoms with Gasteiger partial charge in [-0.25, -0.2) is 4.98 Å². The summed E-state index contributed by atoms with van der Waals surface area (Å²) in [6.07, 6.45) is 1.77. The number of rotatable bonds is 1. The second kappa shape index (κ2) is 3.86. The van der Waals surface area contributed by atoms with Crippen LogP contribution in [0.3, 0.4) is 0 Å². The molecule has 17 heavy (non-hydrogen) atoms. The van der Waals surface area contributed by atoms with E-state index in [1.807, 2.05) is 48.0 Å². The molecular formula is C13H10ClN3. The molecule has 0 saturated carbocycles. The zero-order valence-corrected chi connectivity index (χ0v) is 10.0. The molecule has 84 valence electrons. The molecule has 0 aliphatic heterocycles. The average Bonchev–Trinajstić information content (AvgIpc) is 2.68. The highest BCUT2D eigenvalue weighted by Crippen LogP contribution is 2.24. The predicted octanol–water partition coefficient (Wildman–Crippen LogP) is 3.29. The van der Waals surface area contributed by atoms with Gasteiger partial charge in [0.25, 0.3) is 0 Å². The number of pyridine rings is 1. The van der Waals surface area contributed by atoms with Crippen molar-refractivity contribution in [1.29, 1.82) is 0 Å².